The molecular formula is C29H25N3O5. The number of carbonyl (C=O) groups is 3. The minimum absolute atomic E-state index is 0.218. The maximum absolute atomic E-state index is 13.3. The van der Waals surface area contributed by atoms with Gasteiger partial charge >= 0.3 is 12.0 Å². The number of nitrogens with zero attached hydrogens (tertiary/aromatic N) is 3. The van der Waals surface area contributed by atoms with Crippen LogP contribution in [0.4, 0.5) is 4.79 Å². The van der Waals surface area contributed by atoms with Gasteiger partial charge in [0.1, 0.15) is 12.4 Å². The van der Waals surface area contributed by atoms with E-state index in [-0.39, 0.29) is 17.5 Å². The van der Waals surface area contributed by atoms with Gasteiger partial charge in [-0.2, -0.15) is 0 Å². The Hall–Kier alpha value is -4.59. The number of fused-ring (bicyclic) bond motifs is 6. The molecule has 8 heteroatoms. The number of carboxylic acid groups (broad SMARTS) is 1. The molecule has 6 rings (SSSR count). The van der Waals surface area contributed by atoms with Gasteiger partial charge in [0, 0.05) is 36.8 Å². The number of amides is 3. The highest BCUT2D eigenvalue weighted by molar-refractivity contribution is 6.05. The monoisotopic (exact) mass is 495 g/mol. The van der Waals surface area contributed by atoms with Gasteiger partial charge in [0.15, 0.2) is 0 Å². The molecule has 8 nitrogen and oxygen atoms in total. The minimum Gasteiger partial charge on any atom is -0.488 e. The van der Waals surface area contributed by atoms with E-state index < -0.39 is 11.9 Å². The number of aromatic nitrogens is 1. The van der Waals surface area contributed by atoms with Crippen LogP contribution in [0.5, 0.6) is 5.75 Å². The van der Waals surface area contributed by atoms with Gasteiger partial charge in [0.05, 0.1) is 23.5 Å². The lowest BCUT2D eigenvalue weighted by Crippen LogP contribution is -2.56. The van der Waals surface area contributed by atoms with E-state index in [1.807, 2.05) is 48.5 Å². The smallest absolute Gasteiger partial charge is 0.335 e. The van der Waals surface area contributed by atoms with E-state index >= 15 is 0 Å². The largest absolute Gasteiger partial charge is 0.488 e. The summed E-state index contributed by atoms with van der Waals surface area (Å²) in [6, 6.07) is 22.2. The fourth-order valence-electron chi connectivity index (χ4n) is 5.41. The third-order valence-corrected chi connectivity index (χ3v) is 7.26. The van der Waals surface area contributed by atoms with Crippen LogP contribution in [0.15, 0.2) is 72.8 Å². The molecule has 2 aliphatic heterocycles. The lowest BCUT2D eigenvalue weighted by atomic mass is 9.89. The number of ether oxygens (including phenoxy) is 1. The van der Waals surface area contributed by atoms with Crippen molar-refractivity contribution in [2.24, 2.45) is 0 Å². The van der Waals surface area contributed by atoms with E-state index in [0.29, 0.717) is 32.0 Å². The molecule has 0 aliphatic carbocycles. The topological polar surface area (TPSA) is 92.1 Å². The van der Waals surface area contributed by atoms with Crippen molar-refractivity contribution in [3.8, 4) is 5.75 Å². The highest BCUT2D eigenvalue weighted by atomic mass is 16.5. The molecule has 3 heterocycles. The van der Waals surface area contributed by atoms with E-state index in [2.05, 4.69) is 4.57 Å². The Labute approximate surface area is 213 Å². The van der Waals surface area contributed by atoms with E-state index in [1.54, 1.807) is 29.2 Å². The molecule has 2 bridgehead atoms. The Morgan fingerprint density at radius 3 is 2.46 bits per heavy atom. The SMILES string of the molecule is CN1C(=O)C2CN(Cc3c2c2c(OCc4ccccc4)cccc2n3Cc2ccc(C(=O)O)cc2)C1=O. The lowest BCUT2D eigenvalue weighted by Gasteiger charge is -2.41. The van der Waals surface area contributed by atoms with Gasteiger partial charge < -0.3 is 19.3 Å². The molecule has 0 radical (unpaired) electrons. The molecule has 0 saturated carbocycles. The first-order valence-electron chi connectivity index (χ1n) is 12.1. The zero-order valence-corrected chi connectivity index (χ0v) is 20.3. The number of hydrogen-bond donors (Lipinski definition) is 1. The van der Waals surface area contributed by atoms with Crippen LogP contribution >= 0.6 is 0 Å². The van der Waals surface area contributed by atoms with Crippen molar-refractivity contribution in [2.45, 2.75) is 25.6 Å². The predicted molar refractivity (Wildman–Crippen MR) is 137 cm³/mol. The molecule has 0 spiro atoms. The minimum atomic E-state index is -0.975. The summed E-state index contributed by atoms with van der Waals surface area (Å²) in [6.07, 6.45) is 0. The number of urea groups is 1. The van der Waals surface area contributed by atoms with Gasteiger partial charge in [0.25, 0.3) is 0 Å². The lowest BCUT2D eigenvalue weighted by molar-refractivity contribution is -0.132. The van der Waals surface area contributed by atoms with Crippen molar-refractivity contribution in [1.82, 2.24) is 14.4 Å². The Bertz CT molecular complexity index is 1540. The normalized spacial score (nSPS) is 16.7. The first-order chi connectivity index (χ1) is 17.9. The van der Waals surface area contributed by atoms with Crippen LogP contribution in [-0.4, -0.2) is 51.0 Å². The zero-order valence-electron chi connectivity index (χ0n) is 20.3. The van der Waals surface area contributed by atoms with Gasteiger partial charge in [-0.3, -0.25) is 9.69 Å². The predicted octanol–water partition coefficient (Wildman–Crippen LogP) is 4.46. The standard InChI is InChI=1S/C29H25N3O5/c1-30-27(33)21-15-31(29(30)36)16-23-25(21)26-22(32(23)14-18-10-12-20(13-11-18)28(34)35)8-5-9-24(26)37-17-19-6-3-2-4-7-19/h2-13,21H,14-17H2,1H3,(H,34,35). The number of imide groups is 1. The molecule has 3 aromatic carbocycles. The first-order valence-corrected chi connectivity index (χ1v) is 12.1. The molecule has 186 valence electrons. The fraction of sp³-hybridized carbons (Fsp3) is 0.207. The van der Waals surface area contributed by atoms with E-state index in [4.69, 9.17) is 4.74 Å². The third-order valence-electron chi connectivity index (χ3n) is 7.26. The second kappa shape index (κ2) is 8.81. The van der Waals surface area contributed by atoms with E-state index in [9.17, 15) is 19.5 Å². The summed E-state index contributed by atoms with van der Waals surface area (Å²) in [5.74, 6) is -0.980. The third kappa shape index (κ3) is 3.81. The molecule has 4 aromatic rings. The maximum Gasteiger partial charge on any atom is 0.335 e. The highest BCUT2D eigenvalue weighted by Gasteiger charge is 2.45. The van der Waals surface area contributed by atoms with E-state index in [1.165, 1.54) is 11.9 Å². The van der Waals surface area contributed by atoms with Crippen LogP contribution in [0, 0.1) is 0 Å². The number of carbonyl (C=O) groups excluding carboxylic acids is 2. The summed E-state index contributed by atoms with van der Waals surface area (Å²) in [6.45, 7) is 1.57. The number of likely N-dealkylation sites (N-methyl/N-ethyl adjacent to an activating group) is 1. The molecule has 3 amide bonds. The Morgan fingerprint density at radius 1 is 0.973 bits per heavy atom. The summed E-state index contributed by atoms with van der Waals surface area (Å²) in [5, 5.41) is 10.2. The van der Waals surface area contributed by atoms with Gasteiger partial charge in [-0.15, -0.1) is 0 Å². The van der Waals surface area contributed by atoms with E-state index in [0.717, 1.165) is 33.3 Å². The fourth-order valence-corrected chi connectivity index (χ4v) is 5.41. The highest BCUT2D eigenvalue weighted by Crippen LogP contribution is 2.44. The molecule has 2 aliphatic rings. The van der Waals surface area contributed by atoms with Crippen molar-refractivity contribution < 1.29 is 24.2 Å². The Kier molecular flexibility index (Phi) is 5.44. The van der Waals surface area contributed by atoms with Crippen LogP contribution in [-0.2, 0) is 24.5 Å². The first kappa shape index (κ1) is 22.8. The van der Waals surface area contributed by atoms with Crippen LogP contribution in [0.25, 0.3) is 10.9 Å². The van der Waals surface area contributed by atoms with Crippen LogP contribution in [0.3, 0.4) is 0 Å². The molecule has 1 saturated heterocycles. The van der Waals surface area contributed by atoms with Crippen molar-refractivity contribution in [3.05, 3.63) is 101 Å². The van der Waals surface area contributed by atoms with Crippen LogP contribution < -0.4 is 4.74 Å². The maximum atomic E-state index is 13.3. The van der Waals surface area contributed by atoms with Crippen LogP contribution in [0.2, 0.25) is 0 Å². The molecule has 1 aromatic heterocycles. The number of aromatic carboxylic acids is 1. The van der Waals surface area contributed by atoms with Crippen molar-refractivity contribution >= 4 is 28.8 Å². The van der Waals surface area contributed by atoms with Crippen LogP contribution in [0.1, 0.15) is 38.7 Å². The number of carboxylic acids is 1. The number of benzene rings is 3. The second-order valence-electron chi connectivity index (χ2n) is 9.49. The second-order valence-corrected chi connectivity index (χ2v) is 9.49. The summed E-state index contributed by atoms with van der Waals surface area (Å²) in [5.41, 5.74) is 4.90. The quantitative estimate of drug-likeness (QED) is 0.427. The zero-order chi connectivity index (χ0) is 25.7. The Morgan fingerprint density at radius 2 is 1.73 bits per heavy atom. The van der Waals surface area contributed by atoms with Crippen molar-refractivity contribution in [3.63, 3.8) is 0 Å². The average Bonchev–Trinajstić information content (AvgIpc) is 3.24. The molecule has 1 N–H and O–H groups in total. The number of rotatable bonds is 6. The Balaban J connectivity index is 1.49. The van der Waals surface area contributed by atoms with Crippen molar-refractivity contribution in [1.29, 1.82) is 0 Å². The summed E-state index contributed by atoms with van der Waals surface area (Å²) < 4.78 is 8.44. The van der Waals surface area contributed by atoms with Gasteiger partial charge in [-0.05, 0) is 35.4 Å². The number of hydrogen-bond acceptors (Lipinski definition) is 4. The molecule has 1 unspecified atom stereocenters. The summed E-state index contributed by atoms with van der Waals surface area (Å²) in [4.78, 5) is 40.3. The summed E-state index contributed by atoms with van der Waals surface area (Å²) in [7, 11) is 1.53. The van der Waals surface area contributed by atoms with Gasteiger partial charge in [-0.25, -0.2) is 9.59 Å². The molecule has 1 atom stereocenters. The van der Waals surface area contributed by atoms with Gasteiger partial charge in [-0.1, -0.05) is 48.5 Å². The van der Waals surface area contributed by atoms with Crippen molar-refractivity contribution in [2.75, 3.05) is 13.6 Å². The molecule has 37 heavy (non-hydrogen) atoms. The molecular weight excluding hydrogens is 470 g/mol. The summed E-state index contributed by atoms with van der Waals surface area (Å²) >= 11 is 0. The molecule has 1 fully saturated rings. The average molecular weight is 496 g/mol. The van der Waals surface area contributed by atoms with Gasteiger partial charge in [0.2, 0.25) is 5.91 Å².